The summed E-state index contributed by atoms with van der Waals surface area (Å²) >= 11 is 0. The molecule has 2 fully saturated rings. The number of carbonyl (C=O) groups excluding carboxylic acids is 1. The van der Waals surface area contributed by atoms with Crippen molar-refractivity contribution in [3.63, 3.8) is 0 Å². The highest BCUT2D eigenvalue weighted by molar-refractivity contribution is 5.66. The van der Waals surface area contributed by atoms with E-state index in [4.69, 9.17) is 23.4 Å². The molecule has 2 aliphatic heterocycles. The first-order chi connectivity index (χ1) is 15.6. The maximum Gasteiger partial charge on any atom is 0.342 e. The summed E-state index contributed by atoms with van der Waals surface area (Å²) < 4.78 is 28.4. The van der Waals surface area contributed by atoms with Gasteiger partial charge in [-0.1, -0.05) is 11.6 Å². The predicted octanol–water partition coefficient (Wildman–Crippen LogP) is 3.63. The third kappa shape index (κ3) is 4.34. The second kappa shape index (κ2) is 8.66. The Labute approximate surface area is 200 Å². The van der Waals surface area contributed by atoms with E-state index in [1.54, 1.807) is 20.8 Å². The minimum Gasteiger partial charge on any atom is -0.496 e. The number of methoxy groups -OCH3 is 1. The van der Waals surface area contributed by atoms with E-state index in [0.29, 0.717) is 22.4 Å². The molecule has 8 nitrogen and oxygen atoms in total. The number of epoxide rings is 1. The van der Waals surface area contributed by atoms with Gasteiger partial charge in [0.1, 0.15) is 28.8 Å². The monoisotopic (exact) mass is 476 g/mol. The minimum atomic E-state index is -1.85. The van der Waals surface area contributed by atoms with Gasteiger partial charge in [0.15, 0.2) is 11.7 Å². The predicted molar refractivity (Wildman–Crippen MR) is 126 cm³/mol. The fourth-order valence-electron chi connectivity index (χ4n) is 5.26. The fraction of sp³-hybridized carbons (Fsp3) is 0.615. The average molecular weight is 477 g/mol. The van der Waals surface area contributed by atoms with E-state index in [2.05, 4.69) is 0 Å². The number of esters is 1. The van der Waals surface area contributed by atoms with Gasteiger partial charge < -0.3 is 28.5 Å². The standard InChI is InChI=1S/C26H36O8/c1-13(12-24(7)23-26(9,34-23)17(5)33-24)11-14(2)20(31-18(6)27)25(8,29)21-15(3)19(30-10)16(4)22(28)32-21/h11-12,17,20,23,29H,1-10H3/t17-,20+,23+,24+,25+,26-/m1/s1. The molecule has 0 spiro atoms. The second-order valence-electron chi connectivity index (χ2n) is 10.0. The van der Waals surface area contributed by atoms with Crippen LogP contribution in [-0.4, -0.2) is 47.7 Å². The molecule has 0 amide bonds. The van der Waals surface area contributed by atoms with Crippen LogP contribution in [0.2, 0.25) is 0 Å². The zero-order valence-electron chi connectivity index (χ0n) is 21.7. The smallest absolute Gasteiger partial charge is 0.342 e. The lowest BCUT2D eigenvalue weighted by Crippen LogP contribution is -2.42. The molecule has 188 valence electrons. The molecule has 1 N–H and O–H groups in total. The van der Waals surface area contributed by atoms with Gasteiger partial charge in [-0.25, -0.2) is 4.79 Å². The lowest BCUT2D eigenvalue weighted by atomic mass is 9.86. The van der Waals surface area contributed by atoms with Gasteiger partial charge in [0.2, 0.25) is 0 Å². The SMILES string of the molecule is COc1c(C)c([C@@](C)(O)[C@@H](OC(C)=O)C(C)=CC(C)=C[C@]2(C)O[C@H](C)[C@@]3(C)O[C@H]32)oc(=O)c1C. The third-order valence-electron chi connectivity index (χ3n) is 6.96. The molecule has 0 saturated carbocycles. The summed E-state index contributed by atoms with van der Waals surface area (Å²) in [6.45, 7) is 15.6. The van der Waals surface area contributed by atoms with Gasteiger partial charge in [0.25, 0.3) is 0 Å². The van der Waals surface area contributed by atoms with E-state index < -0.39 is 28.9 Å². The lowest BCUT2D eigenvalue weighted by molar-refractivity contribution is -0.159. The topological polar surface area (TPSA) is 108 Å². The Balaban J connectivity index is 2.02. The molecule has 8 heteroatoms. The number of allylic oxidation sites excluding steroid dienone is 2. The molecule has 2 saturated heterocycles. The Bertz CT molecular complexity index is 1110. The van der Waals surface area contributed by atoms with E-state index in [1.165, 1.54) is 21.0 Å². The molecule has 2 aliphatic rings. The number of carbonyl (C=O) groups is 1. The summed E-state index contributed by atoms with van der Waals surface area (Å²) in [5.74, 6) is -0.290. The van der Waals surface area contributed by atoms with Gasteiger partial charge in [-0.05, 0) is 67.0 Å². The molecule has 0 radical (unpaired) electrons. The normalized spacial score (nSPS) is 31.5. The van der Waals surface area contributed by atoms with E-state index in [1.807, 2.05) is 39.8 Å². The summed E-state index contributed by atoms with van der Waals surface area (Å²) in [6.07, 6.45) is 2.60. The first kappa shape index (κ1) is 26.2. The molecule has 0 unspecified atom stereocenters. The zero-order valence-corrected chi connectivity index (χ0v) is 21.7. The molecule has 0 aliphatic carbocycles. The van der Waals surface area contributed by atoms with Crippen molar-refractivity contribution in [1.82, 2.24) is 0 Å². The van der Waals surface area contributed by atoms with Crippen molar-refractivity contribution < 1.29 is 33.3 Å². The Morgan fingerprint density at radius 2 is 1.79 bits per heavy atom. The maximum atomic E-state index is 12.4. The quantitative estimate of drug-likeness (QED) is 0.361. The van der Waals surface area contributed by atoms with Gasteiger partial charge in [-0.15, -0.1) is 0 Å². The Hall–Kier alpha value is -2.42. The second-order valence-corrected chi connectivity index (χ2v) is 10.0. The maximum absolute atomic E-state index is 12.4. The van der Waals surface area contributed by atoms with Gasteiger partial charge >= 0.3 is 11.6 Å². The first-order valence-corrected chi connectivity index (χ1v) is 11.4. The summed E-state index contributed by atoms with van der Waals surface area (Å²) in [7, 11) is 1.44. The summed E-state index contributed by atoms with van der Waals surface area (Å²) in [6, 6.07) is 0. The van der Waals surface area contributed by atoms with Crippen LogP contribution in [0.15, 0.2) is 32.5 Å². The number of hydrogen-bond donors (Lipinski definition) is 1. The van der Waals surface area contributed by atoms with Crippen LogP contribution in [0.1, 0.15) is 65.4 Å². The van der Waals surface area contributed by atoms with Crippen molar-refractivity contribution >= 4 is 5.97 Å². The van der Waals surface area contributed by atoms with E-state index in [0.717, 1.165) is 5.57 Å². The van der Waals surface area contributed by atoms with Gasteiger partial charge in [-0.2, -0.15) is 0 Å². The molecule has 1 aromatic rings. The van der Waals surface area contributed by atoms with Crippen LogP contribution >= 0.6 is 0 Å². The largest absolute Gasteiger partial charge is 0.496 e. The average Bonchev–Trinajstić information content (AvgIpc) is 3.38. The van der Waals surface area contributed by atoms with Crippen molar-refractivity contribution in [2.45, 2.75) is 97.4 Å². The third-order valence-corrected chi connectivity index (χ3v) is 6.96. The van der Waals surface area contributed by atoms with Crippen molar-refractivity contribution in [3.05, 3.63) is 50.6 Å². The minimum absolute atomic E-state index is 0.0253. The zero-order chi connectivity index (χ0) is 25.8. The van der Waals surface area contributed by atoms with Crippen LogP contribution in [0.25, 0.3) is 0 Å². The van der Waals surface area contributed by atoms with Crippen molar-refractivity contribution in [1.29, 1.82) is 0 Å². The van der Waals surface area contributed by atoms with Crippen LogP contribution < -0.4 is 10.4 Å². The summed E-state index contributed by atoms with van der Waals surface area (Å²) in [5.41, 5.74) is -1.21. The van der Waals surface area contributed by atoms with E-state index in [-0.39, 0.29) is 23.6 Å². The molecular formula is C26H36O8. The van der Waals surface area contributed by atoms with Crippen molar-refractivity contribution in [2.75, 3.05) is 7.11 Å². The molecule has 1 aromatic heterocycles. The van der Waals surface area contributed by atoms with Crippen molar-refractivity contribution in [3.8, 4) is 5.75 Å². The molecule has 34 heavy (non-hydrogen) atoms. The Morgan fingerprint density at radius 1 is 1.18 bits per heavy atom. The van der Waals surface area contributed by atoms with Crippen molar-refractivity contribution in [2.24, 2.45) is 0 Å². The van der Waals surface area contributed by atoms with Gasteiger partial charge in [0.05, 0.1) is 18.8 Å². The lowest BCUT2D eigenvalue weighted by Gasteiger charge is -2.33. The fourth-order valence-corrected chi connectivity index (χ4v) is 5.26. The number of aliphatic hydroxyl groups is 1. The first-order valence-electron chi connectivity index (χ1n) is 11.4. The van der Waals surface area contributed by atoms with Crippen LogP contribution in [-0.2, 0) is 24.6 Å². The highest BCUT2D eigenvalue weighted by Crippen LogP contribution is 2.55. The highest BCUT2D eigenvalue weighted by atomic mass is 16.7. The van der Waals surface area contributed by atoms with E-state index >= 15 is 0 Å². The molecule has 3 rings (SSSR count). The highest BCUT2D eigenvalue weighted by Gasteiger charge is 2.71. The summed E-state index contributed by atoms with van der Waals surface area (Å²) in [4.78, 5) is 24.4. The van der Waals surface area contributed by atoms with E-state index in [9.17, 15) is 14.7 Å². The Morgan fingerprint density at radius 3 is 2.26 bits per heavy atom. The van der Waals surface area contributed by atoms with Crippen LogP contribution in [0.3, 0.4) is 0 Å². The molecule has 0 bridgehead atoms. The van der Waals surface area contributed by atoms with Crippen LogP contribution in [0, 0.1) is 13.8 Å². The number of hydrogen-bond acceptors (Lipinski definition) is 8. The van der Waals surface area contributed by atoms with Gasteiger partial charge in [-0.3, -0.25) is 4.79 Å². The molecule has 6 atom stereocenters. The Kier molecular flexibility index (Phi) is 6.67. The van der Waals surface area contributed by atoms with Crippen LogP contribution in [0.5, 0.6) is 5.75 Å². The van der Waals surface area contributed by atoms with Gasteiger partial charge in [0, 0.05) is 12.5 Å². The number of fused-ring (bicyclic) bond motifs is 1. The molecular weight excluding hydrogens is 440 g/mol. The number of rotatable bonds is 7. The number of ether oxygens (including phenoxy) is 4. The summed E-state index contributed by atoms with van der Waals surface area (Å²) in [5, 5.41) is 11.6. The molecule has 0 aromatic carbocycles. The molecule has 3 heterocycles. The van der Waals surface area contributed by atoms with Crippen LogP contribution in [0.4, 0.5) is 0 Å².